The van der Waals surface area contributed by atoms with E-state index in [-0.39, 0.29) is 5.78 Å². The van der Waals surface area contributed by atoms with Crippen LogP contribution in [0.5, 0.6) is 0 Å². The number of thiophene rings is 1. The third-order valence-electron chi connectivity index (χ3n) is 2.85. The van der Waals surface area contributed by atoms with E-state index < -0.39 is 0 Å². The fraction of sp³-hybridized carbons (Fsp3) is 0. The zero-order valence-electron chi connectivity index (χ0n) is 8.69. The van der Waals surface area contributed by atoms with Crippen molar-refractivity contribution in [1.29, 1.82) is 0 Å². The summed E-state index contributed by atoms with van der Waals surface area (Å²) in [7, 11) is 0. The molecule has 5 heteroatoms. The number of nitrogens with two attached hydrogens (primary N) is 1. The molecule has 1 aliphatic rings. The molecule has 0 fully saturated rings. The van der Waals surface area contributed by atoms with Crippen molar-refractivity contribution < 1.29 is 9.59 Å². The second-order valence-electron chi connectivity index (χ2n) is 3.74. The van der Waals surface area contributed by atoms with E-state index in [4.69, 9.17) is 5.73 Å². The maximum Gasteiger partial charge on any atom is 0.211 e. The first-order valence-electron chi connectivity index (χ1n) is 4.98. The number of anilines is 2. The van der Waals surface area contributed by atoms with Gasteiger partial charge in [-0.1, -0.05) is 0 Å². The SMILES string of the molecule is Nc1ccc(NC=O)c2c1C(=O)c1cscc1-2. The summed E-state index contributed by atoms with van der Waals surface area (Å²) in [6, 6.07) is 3.35. The Balaban J connectivity index is 2.37. The van der Waals surface area contributed by atoms with Gasteiger partial charge in [-0.3, -0.25) is 9.59 Å². The Kier molecular flexibility index (Phi) is 2.02. The van der Waals surface area contributed by atoms with Crippen molar-refractivity contribution in [2.75, 3.05) is 11.1 Å². The van der Waals surface area contributed by atoms with Crippen molar-refractivity contribution in [3.8, 4) is 11.1 Å². The molecule has 84 valence electrons. The first kappa shape index (κ1) is 10.0. The van der Waals surface area contributed by atoms with Gasteiger partial charge in [-0.2, -0.15) is 11.3 Å². The molecule has 1 aliphatic carbocycles. The van der Waals surface area contributed by atoms with Crippen LogP contribution in [0.25, 0.3) is 11.1 Å². The van der Waals surface area contributed by atoms with Crippen LogP contribution in [-0.2, 0) is 4.79 Å². The van der Waals surface area contributed by atoms with E-state index in [0.29, 0.717) is 28.9 Å². The average Bonchev–Trinajstić information content (AvgIpc) is 2.87. The number of nitrogens with one attached hydrogen (secondary N) is 1. The number of amides is 1. The van der Waals surface area contributed by atoms with Crippen LogP contribution in [0.1, 0.15) is 15.9 Å². The average molecular weight is 244 g/mol. The number of ketones is 1. The first-order chi connectivity index (χ1) is 8.24. The van der Waals surface area contributed by atoms with E-state index in [1.54, 1.807) is 12.1 Å². The van der Waals surface area contributed by atoms with Gasteiger partial charge in [0.05, 0.1) is 5.56 Å². The normalized spacial score (nSPS) is 12.1. The van der Waals surface area contributed by atoms with Crippen LogP contribution in [0.3, 0.4) is 0 Å². The van der Waals surface area contributed by atoms with Crippen molar-refractivity contribution in [2.45, 2.75) is 0 Å². The maximum atomic E-state index is 12.1. The second-order valence-corrected chi connectivity index (χ2v) is 4.49. The number of carbonyl (C=O) groups excluding carboxylic acids is 2. The Morgan fingerprint density at radius 2 is 1.94 bits per heavy atom. The number of hydrogen-bond donors (Lipinski definition) is 2. The predicted octanol–water partition coefficient (Wildman–Crippen LogP) is 2.11. The highest BCUT2D eigenvalue weighted by Crippen LogP contribution is 2.45. The van der Waals surface area contributed by atoms with E-state index in [9.17, 15) is 9.59 Å². The van der Waals surface area contributed by atoms with E-state index in [1.165, 1.54) is 11.3 Å². The minimum Gasteiger partial charge on any atom is -0.398 e. The lowest BCUT2D eigenvalue weighted by atomic mass is 10.0. The van der Waals surface area contributed by atoms with Crippen LogP contribution < -0.4 is 11.1 Å². The molecule has 1 heterocycles. The van der Waals surface area contributed by atoms with E-state index in [2.05, 4.69) is 5.32 Å². The zero-order valence-corrected chi connectivity index (χ0v) is 9.51. The molecule has 0 saturated heterocycles. The van der Waals surface area contributed by atoms with Crippen LogP contribution in [0.4, 0.5) is 11.4 Å². The summed E-state index contributed by atoms with van der Waals surface area (Å²) in [5.74, 6) is -0.0664. The fourth-order valence-corrected chi connectivity index (χ4v) is 2.95. The molecular weight excluding hydrogens is 236 g/mol. The van der Waals surface area contributed by atoms with Gasteiger partial charge >= 0.3 is 0 Å². The van der Waals surface area contributed by atoms with E-state index >= 15 is 0 Å². The third-order valence-corrected chi connectivity index (χ3v) is 3.60. The standard InChI is InChI=1S/C12H8N2O2S/c13-8-1-2-9(14-5-15)10-6-3-17-4-7(6)12(16)11(8)10/h1-5H,13H2,(H,14,15). The molecule has 1 amide bonds. The molecule has 0 aliphatic heterocycles. The molecule has 3 rings (SSSR count). The molecule has 2 aromatic rings. The van der Waals surface area contributed by atoms with Crippen LogP contribution in [0.2, 0.25) is 0 Å². The predicted molar refractivity (Wildman–Crippen MR) is 67.3 cm³/mol. The molecule has 0 bridgehead atoms. The number of benzene rings is 1. The largest absolute Gasteiger partial charge is 0.398 e. The number of fused-ring (bicyclic) bond motifs is 3. The lowest BCUT2D eigenvalue weighted by Gasteiger charge is -2.08. The van der Waals surface area contributed by atoms with Crippen LogP contribution in [0.15, 0.2) is 22.9 Å². The first-order valence-corrected chi connectivity index (χ1v) is 5.92. The van der Waals surface area contributed by atoms with Gasteiger partial charge < -0.3 is 11.1 Å². The van der Waals surface area contributed by atoms with Gasteiger partial charge in [-0.25, -0.2) is 0 Å². The number of hydrogen-bond acceptors (Lipinski definition) is 4. The van der Waals surface area contributed by atoms with Gasteiger partial charge in [0.15, 0.2) is 5.78 Å². The minimum absolute atomic E-state index is 0.0664. The van der Waals surface area contributed by atoms with Crippen molar-refractivity contribution in [3.05, 3.63) is 34.0 Å². The van der Waals surface area contributed by atoms with Gasteiger partial charge in [0, 0.05) is 33.4 Å². The van der Waals surface area contributed by atoms with Gasteiger partial charge in [-0.05, 0) is 17.5 Å². The van der Waals surface area contributed by atoms with Gasteiger partial charge in [0.2, 0.25) is 6.41 Å². The molecule has 1 aromatic heterocycles. The van der Waals surface area contributed by atoms with Crippen LogP contribution in [0, 0.1) is 0 Å². The number of rotatable bonds is 2. The van der Waals surface area contributed by atoms with Gasteiger partial charge in [-0.15, -0.1) is 0 Å². The number of nitrogen functional groups attached to an aromatic ring is 1. The summed E-state index contributed by atoms with van der Waals surface area (Å²) in [5, 5.41) is 6.31. The monoisotopic (exact) mass is 244 g/mol. The highest BCUT2D eigenvalue weighted by molar-refractivity contribution is 7.08. The van der Waals surface area contributed by atoms with Crippen LogP contribution in [-0.4, -0.2) is 12.2 Å². The highest BCUT2D eigenvalue weighted by atomic mass is 32.1. The molecular formula is C12H8N2O2S. The van der Waals surface area contributed by atoms with Crippen LogP contribution >= 0.6 is 11.3 Å². The van der Waals surface area contributed by atoms with Gasteiger partial charge in [0.25, 0.3) is 0 Å². The topological polar surface area (TPSA) is 72.2 Å². The summed E-state index contributed by atoms with van der Waals surface area (Å²) in [4.78, 5) is 22.7. The zero-order chi connectivity index (χ0) is 12.0. The molecule has 3 N–H and O–H groups in total. The molecule has 0 spiro atoms. The quantitative estimate of drug-likeness (QED) is 0.535. The molecule has 0 saturated carbocycles. The van der Waals surface area contributed by atoms with Crippen molar-refractivity contribution in [3.63, 3.8) is 0 Å². The minimum atomic E-state index is -0.0664. The fourth-order valence-electron chi connectivity index (χ4n) is 2.13. The van der Waals surface area contributed by atoms with Gasteiger partial charge in [0.1, 0.15) is 0 Å². The summed E-state index contributed by atoms with van der Waals surface area (Å²) in [6.45, 7) is 0. The Hall–Kier alpha value is -2.14. The lowest BCUT2D eigenvalue weighted by molar-refractivity contribution is -0.105. The summed E-state index contributed by atoms with van der Waals surface area (Å²) in [6.07, 6.45) is 0.598. The van der Waals surface area contributed by atoms with Crippen molar-refractivity contribution >= 4 is 34.9 Å². The molecule has 0 atom stereocenters. The number of carbonyl (C=O) groups is 2. The molecule has 0 radical (unpaired) electrons. The molecule has 1 aromatic carbocycles. The van der Waals surface area contributed by atoms with Crippen molar-refractivity contribution in [1.82, 2.24) is 0 Å². The Morgan fingerprint density at radius 3 is 2.71 bits per heavy atom. The smallest absolute Gasteiger partial charge is 0.211 e. The third kappa shape index (κ3) is 1.23. The Morgan fingerprint density at radius 1 is 1.18 bits per heavy atom. The Labute approximate surface area is 101 Å². The Bertz CT molecular complexity index is 646. The second kappa shape index (κ2) is 3.43. The maximum absolute atomic E-state index is 12.1. The van der Waals surface area contributed by atoms with Crippen molar-refractivity contribution in [2.24, 2.45) is 0 Å². The highest BCUT2D eigenvalue weighted by Gasteiger charge is 2.31. The molecule has 17 heavy (non-hydrogen) atoms. The summed E-state index contributed by atoms with van der Waals surface area (Å²) >= 11 is 1.46. The summed E-state index contributed by atoms with van der Waals surface area (Å²) in [5.41, 5.74) is 9.65. The van der Waals surface area contributed by atoms with E-state index in [0.717, 1.165) is 11.1 Å². The van der Waals surface area contributed by atoms with E-state index in [1.807, 2.05) is 10.8 Å². The molecule has 4 nitrogen and oxygen atoms in total. The summed E-state index contributed by atoms with van der Waals surface area (Å²) < 4.78 is 0. The molecule has 0 unspecified atom stereocenters. The lowest BCUT2D eigenvalue weighted by Crippen LogP contribution is -2.03.